The number of nitrogens with one attached hydrogen (secondary N) is 1. The van der Waals surface area contributed by atoms with E-state index < -0.39 is 0 Å². The topological polar surface area (TPSA) is 32.3 Å². The minimum absolute atomic E-state index is 0.118. The van der Waals surface area contributed by atoms with Crippen LogP contribution in [0.4, 0.5) is 5.69 Å². The van der Waals surface area contributed by atoms with E-state index in [0.717, 1.165) is 30.4 Å². The molecule has 2 rings (SSSR count). The van der Waals surface area contributed by atoms with E-state index in [4.69, 9.17) is 23.2 Å². The number of rotatable bonds is 3. The Balaban J connectivity index is 2.05. The Labute approximate surface area is 144 Å². The first-order chi connectivity index (χ1) is 10.0. The quantitative estimate of drug-likeness (QED) is 0.736. The molecule has 1 amide bonds. The van der Waals surface area contributed by atoms with Crippen LogP contribution in [0.25, 0.3) is 0 Å². The standard InChI is InChI=1S/C15H19BrCl2N2O/c1-10(15(21)20-8-4-2-3-5-9-20)19-12-7-6-11(16)13(17)14(12)18/h6-7,10,19H,2-5,8-9H2,1H3. The molecule has 1 aromatic carbocycles. The smallest absolute Gasteiger partial charge is 0.244 e. The number of halogens is 3. The van der Waals surface area contributed by atoms with E-state index in [1.54, 1.807) is 0 Å². The highest BCUT2D eigenvalue weighted by atomic mass is 79.9. The summed E-state index contributed by atoms with van der Waals surface area (Å²) in [6.45, 7) is 3.55. The van der Waals surface area contributed by atoms with Crippen molar-refractivity contribution in [2.24, 2.45) is 0 Å². The predicted molar refractivity (Wildman–Crippen MR) is 92.3 cm³/mol. The van der Waals surface area contributed by atoms with Gasteiger partial charge in [-0.1, -0.05) is 36.0 Å². The van der Waals surface area contributed by atoms with Crippen molar-refractivity contribution in [3.63, 3.8) is 0 Å². The Morgan fingerprint density at radius 1 is 1.19 bits per heavy atom. The third kappa shape index (κ3) is 4.27. The van der Waals surface area contributed by atoms with Gasteiger partial charge >= 0.3 is 0 Å². The fraction of sp³-hybridized carbons (Fsp3) is 0.533. The second-order valence-electron chi connectivity index (χ2n) is 5.33. The summed E-state index contributed by atoms with van der Waals surface area (Å²) in [6.07, 6.45) is 4.59. The van der Waals surface area contributed by atoms with E-state index in [2.05, 4.69) is 21.2 Å². The summed E-state index contributed by atoms with van der Waals surface area (Å²) in [4.78, 5) is 14.4. The Morgan fingerprint density at radius 3 is 2.43 bits per heavy atom. The van der Waals surface area contributed by atoms with Gasteiger partial charge in [0.1, 0.15) is 6.04 Å². The van der Waals surface area contributed by atoms with Crippen LogP contribution < -0.4 is 5.32 Å². The normalized spacial score (nSPS) is 17.2. The molecule has 0 saturated carbocycles. The first-order valence-electron chi connectivity index (χ1n) is 7.19. The lowest BCUT2D eigenvalue weighted by molar-refractivity contribution is -0.131. The van der Waals surface area contributed by atoms with Gasteiger partial charge in [0.05, 0.1) is 15.7 Å². The van der Waals surface area contributed by atoms with Crippen LogP contribution in [0.1, 0.15) is 32.6 Å². The van der Waals surface area contributed by atoms with Crippen molar-refractivity contribution in [2.75, 3.05) is 18.4 Å². The SMILES string of the molecule is CC(Nc1ccc(Br)c(Cl)c1Cl)C(=O)N1CCCCCC1. The van der Waals surface area contributed by atoms with Crippen LogP contribution in [-0.4, -0.2) is 29.9 Å². The van der Waals surface area contributed by atoms with Crippen LogP contribution in [0.2, 0.25) is 10.0 Å². The lowest BCUT2D eigenvalue weighted by Crippen LogP contribution is -2.41. The maximum atomic E-state index is 12.5. The van der Waals surface area contributed by atoms with Crippen LogP contribution in [0.5, 0.6) is 0 Å². The molecule has 116 valence electrons. The highest BCUT2D eigenvalue weighted by Crippen LogP contribution is 2.36. The van der Waals surface area contributed by atoms with E-state index in [-0.39, 0.29) is 11.9 Å². The fourth-order valence-electron chi connectivity index (χ4n) is 2.50. The van der Waals surface area contributed by atoms with Crippen molar-refractivity contribution < 1.29 is 4.79 Å². The molecule has 1 saturated heterocycles. The number of hydrogen-bond donors (Lipinski definition) is 1. The van der Waals surface area contributed by atoms with Crippen molar-refractivity contribution >= 4 is 50.7 Å². The van der Waals surface area contributed by atoms with E-state index in [1.165, 1.54) is 12.8 Å². The molecule has 1 aliphatic heterocycles. The van der Waals surface area contributed by atoms with Gasteiger partial charge in [0.15, 0.2) is 0 Å². The van der Waals surface area contributed by atoms with Gasteiger partial charge in [-0.3, -0.25) is 4.79 Å². The van der Waals surface area contributed by atoms with Crippen molar-refractivity contribution in [1.29, 1.82) is 0 Å². The summed E-state index contributed by atoms with van der Waals surface area (Å²) >= 11 is 15.6. The summed E-state index contributed by atoms with van der Waals surface area (Å²) in [5.41, 5.74) is 0.681. The second-order valence-corrected chi connectivity index (χ2v) is 6.94. The molecule has 1 aromatic rings. The molecule has 1 fully saturated rings. The maximum Gasteiger partial charge on any atom is 0.244 e. The van der Waals surface area contributed by atoms with Crippen molar-refractivity contribution in [1.82, 2.24) is 4.90 Å². The summed E-state index contributed by atoms with van der Waals surface area (Å²) < 4.78 is 0.742. The first kappa shape index (κ1) is 16.9. The number of benzene rings is 1. The van der Waals surface area contributed by atoms with Crippen LogP contribution in [0.3, 0.4) is 0 Å². The average molecular weight is 394 g/mol. The van der Waals surface area contributed by atoms with Gasteiger partial charge in [0.2, 0.25) is 5.91 Å². The Bertz CT molecular complexity index is 517. The third-order valence-electron chi connectivity index (χ3n) is 3.70. The van der Waals surface area contributed by atoms with Crippen LogP contribution in [0, 0.1) is 0 Å². The van der Waals surface area contributed by atoms with Crippen molar-refractivity contribution in [3.05, 3.63) is 26.7 Å². The van der Waals surface area contributed by atoms with Crippen LogP contribution in [-0.2, 0) is 4.79 Å². The number of likely N-dealkylation sites (tertiary alicyclic amines) is 1. The average Bonchev–Trinajstić information content (AvgIpc) is 2.76. The zero-order valence-electron chi connectivity index (χ0n) is 12.0. The molecule has 1 atom stereocenters. The number of anilines is 1. The van der Waals surface area contributed by atoms with Crippen LogP contribution in [0.15, 0.2) is 16.6 Å². The second kappa shape index (κ2) is 7.70. The summed E-state index contributed by atoms with van der Waals surface area (Å²) in [5.74, 6) is 0.118. The summed E-state index contributed by atoms with van der Waals surface area (Å²) in [6, 6.07) is 3.32. The highest BCUT2D eigenvalue weighted by Gasteiger charge is 2.22. The monoisotopic (exact) mass is 392 g/mol. The van der Waals surface area contributed by atoms with Gasteiger partial charge in [-0.05, 0) is 47.8 Å². The van der Waals surface area contributed by atoms with Crippen molar-refractivity contribution in [3.8, 4) is 0 Å². The van der Waals surface area contributed by atoms with E-state index in [0.29, 0.717) is 15.7 Å². The number of carbonyl (C=O) groups is 1. The highest BCUT2D eigenvalue weighted by molar-refractivity contribution is 9.10. The molecule has 0 spiro atoms. The van der Waals surface area contributed by atoms with Gasteiger partial charge in [-0.2, -0.15) is 0 Å². The Kier molecular flexibility index (Phi) is 6.20. The van der Waals surface area contributed by atoms with E-state index in [9.17, 15) is 4.79 Å². The van der Waals surface area contributed by atoms with Gasteiger partial charge in [0.25, 0.3) is 0 Å². The molecule has 0 bridgehead atoms. The third-order valence-corrected chi connectivity index (χ3v) is 5.47. The molecule has 0 radical (unpaired) electrons. The maximum absolute atomic E-state index is 12.5. The lowest BCUT2D eigenvalue weighted by atomic mass is 10.2. The summed E-state index contributed by atoms with van der Waals surface area (Å²) in [5, 5.41) is 4.05. The number of amides is 1. The number of nitrogens with zero attached hydrogens (tertiary/aromatic N) is 1. The Hall–Kier alpha value is -0.450. The molecular formula is C15H19BrCl2N2O. The van der Waals surface area contributed by atoms with Crippen LogP contribution >= 0.6 is 39.1 Å². The zero-order chi connectivity index (χ0) is 15.4. The van der Waals surface area contributed by atoms with Gasteiger partial charge in [0, 0.05) is 17.6 Å². The number of hydrogen-bond acceptors (Lipinski definition) is 2. The first-order valence-corrected chi connectivity index (χ1v) is 8.74. The van der Waals surface area contributed by atoms with E-state index >= 15 is 0 Å². The number of carbonyl (C=O) groups excluding carboxylic acids is 1. The van der Waals surface area contributed by atoms with Gasteiger partial charge < -0.3 is 10.2 Å². The molecule has 1 N–H and O–H groups in total. The molecule has 1 unspecified atom stereocenters. The molecule has 0 aromatic heterocycles. The molecular weight excluding hydrogens is 375 g/mol. The minimum atomic E-state index is -0.321. The molecule has 0 aliphatic carbocycles. The predicted octanol–water partition coefficient (Wildman–Crippen LogP) is 4.96. The Morgan fingerprint density at radius 2 is 1.81 bits per heavy atom. The molecule has 21 heavy (non-hydrogen) atoms. The van der Waals surface area contributed by atoms with Gasteiger partial charge in [-0.15, -0.1) is 0 Å². The van der Waals surface area contributed by atoms with Gasteiger partial charge in [-0.25, -0.2) is 0 Å². The zero-order valence-corrected chi connectivity index (χ0v) is 15.1. The molecule has 6 heteroatoms. The van der Waals surface area contributed by atoms with Crippen molar-refractivity contribution in [2.45, 2.75) is 38.6 Å². The lowest BCUT2D eigenvalue weighted by Gasteiger charge is -2.25. The van der Waals surface area contributed by atoms with E-state index in [1.807, 2.05) is 24.0 Å². The largest absolute Gasteiger partial charge is 0.373 e. The minimum Gasteiger partial charge on any atom is -0.373 e. The molecule has 1 heterocycles. The molecule has 1 aliphatic rings. The fourth-order valence-corrected chi connectivity index (χ4v) is 3.33. The summed E-state index contributed by atoms with van der Waals surface area (Å²) in [7, 11) is 0. The molecule has 3 nitrogen and oxygen atoms in total.